The van der Waals surface area contributed by atoms with E-state index in [-0.39, 0.29) is 12.8 Å². The van der Waals surface area contributed by atoms with Gasteiger partial charge in [-0.25, -0.2) is 9.78 Å². The third-order valence-corrected chi connectivity index (χ3v) is 6.10. The molecule has 0 saturated heterocycles. The van der Waals surface area contributed by atoms with Crippen molar-refractivity contribution in [3.05, 3.63) is 54.2 Å². The normalized spacial score (nSPS) is 13.9. The zero-order chi connectivity index (χ0) is 30.1. The molecule has 0 aliphatic heterocycles. The Kier molecular flexibility index (Phi) is 10.1. The number of aromatic nitrogens is 3. The van der Waals surface area contributed by atoms with Crippen LogP contribution in [0.1, 0.15) is 24.1 Å². The summed E-state index contributed by atoms with van der Waals surface area (Å²) in [6.07, 6.45) is 2.76. The van der Waals surface area contributed by atoms with Gasteiger partial charge in [-0.15, -0.1) is 0 Å². The zero-order valence-corrected chi connectivity index (χ0v) is 21.6. The smallest absolute Gasteiger partial charge is 0.326 e. The Hall–Kier alpha value is -5.25. The maximum atomic E-state index is 13.5. The van der Waals surface area contributed by atoms with Gasteiger partial charge in [0.05, 0.1) is 25.2 Å². The van der Waals surface area contributed by atoms with Gasteiger partial charge in [0.2, 0.25) is 23.6 Å². The summed E-state index contributed by atoms with van der Waals surface area (Å²) in [6, 6.07) is 1.40. The number of primary amides is 1. The maximum absolute atomic E-state index is 13.5. The SMILES string of the molecule is NC(=O)CC(N)C(=O)NC(Cc1c[nH]c2ccccc12)C(=O)NC(Cc1cnc[nH]1)C(=O)NC(CC(=O)O)C(=O)O. The number of benzene rings is 1. The molecule has 4 atom stereocenters. The molecular weight excluding hydrogens is 540 g/mol. The van der Waals surface area contributed by atoms with Crippen molar-refractivity contribution in [1.29, 1.82) is 0 Å². The van der Waals surface area contributed by atoms with Crippen molar-refractivity contribution in [2.24, 2.45) is 11.5 Å². The van der Waals surface area contributed by atoms with Gasteiger partial charge in [0.15, 0.2) is 0 Å². The molecule has 0 saturated carbocycles. The lowest BCUT2D eigenvalue weighted by Crippen LogP contribution is -2.58. The van der Waals surface area contributed by atoms with Crippen molar-refractivity contribution < 1.29 is 39.0 Å². The van der Waals surface area contributed by atoms with Crippen molar-refractivity contribution in [1.82, 2.24) is 30.9 Å². The molecule has 41 heavy (non-hydrogen) atoms. The number of rotatable bonds is 15. The minimum Gasteiger partial charge on any atom is -0.481 e. The molecule has 16 nitrogen and oxygen atoms in total. The molecule has 0 aliphatic carbocycles. The van der Waals surface area contributed by atoms with Crippen LogP contribution in [-0.4, -0.2) is 84.9 Å². The molecule has 0 radical (unpaired) electrons. The van der Waals surface area contributed by atoms with E-state index in [0.717, 1.165) is 10.9 Å². The van der Waals surface area contributed by atoms with Gasteiger partial charge in [0.1, 0.15) is 18.1 Å². The number of nitrogens with one attached hydrogen (secondary N) is 5. The number of para-hydroxylation sites is 1. The lowest BCUT2D eigenvalue weighted by molar-refractivity contribution is -0.147. The number of carboxylic acid groups (broad SMARTS) is 2. The highest BCUT2D eigenvalue weighted by molar-refractivity contribution is 5.96. The van der Waals surface area contributed by atoms with E-state index in [0.29, 0.717) is 11.3 Å². The summed E-state index contributed by atoms with van der Waals surface area (Å²) >= 11 is 0. The van der Waals surface area contributed by atoms with Crippen LogP contribution in [0.2, 0.25) is 0 Å². The Morgan fingerprint density at radius 3 is 2.10 bits per heavy atom. The quantitative estimate of drug-likeness (QED) is 0.0959. The lowest BCUT2D eigenvalue weighted by atomic mass is 10.0. The van der Waals surface area contributed by atoms with E-state index in [9.17, 15) is 33.9 Å². The monoisotopic (exact) mass is 570 g/mol. The number of amides is 4. The highest BCUT2D eigenvalue weighted by atomic mass is 16.4. The molecule has 16 heteroatoms. The molecule has 0 spiro atoms. The fourth-order valence-electron chi connectivity index (χ4n) is 4.06. The number of imidazole rings is 1. The second-order valence-corrected chi connectivity index (χ2v) is 9.24. The largest absolute Gasteiger partial charge is 0.481 e. The summed E-state index contributed by atoms with van der Waals surface area (Å²) in [5, 5.41) is 26.2. The molecule has 218 valence electrons. The number of carbonyl (C=O) groups excluding carboxylic acids is 4. The molecule has 4 unspecified atom stereocenters. The highest BCUT2D eigenvalue weighted by Gasteiger charge is 2.32. The summed E-state index contributed by atoms with van der Waals surface area (Å²) in [5.74, 6) is -6.52. The number of carbonyl (C=O) groups is 6. The molecule has 2 aromatic heterocycles. The highest BCUT2D eigenvalue weighted by Crippen LogP contribution is 2.19. The van der Waals surface area contributed by atoms with Gasteiger partial charge in [-0.1, -0.05) is 18.2 Å². The number of hydrogen-bond donors (Lipinski definition) is 9. The van der Waals surface area contributed by atoms with Crippen LogP contribution in [0, 0.1) is 0 Å². The van der Waals surface area contributed by atoms with E-state index >= 15 is 0 Å². The predicted molar refractivity (Wildman–Crippen MR) is 142 cm³/mol. The third-order valence-electron chi connectivity index (χ3n) is 6.10. The van der Waals surface area contributed by atoms with Crippen LogP contribution in [0.5, 0.6) is 0 Å². The van der Waals surface area contributed by atoms with Crippen LogP contribution in [0.4, 0.5) is 0 Å². The van der Waals surface area contributed by atoms with E-state index in [1.807, 2.05) is 12.1 Å². The van der Waals surface area contributed by atoms with Gasteiger partial charge < -0.3 is 47.6 Å². The summed E-state index contributed by atoms with van der Waals surface area (Å²) in [6.45, 7) is 0. The van der Waals surface area contributed by atoms with Gasteiger partial charge in [-0.3, -0.25) is 24.0 Å². The number of carboxylic acids is 2. The molecule has 3 rings (SSSR count). The fourth-order valence-corrected chi connectivity index (χ4v) is 4.06. The zero-order valence-electron chi connectivity index (χ0n) is 21.6. The second kappa shape index (κ2) is 13.7. The molecule has 4 amide bonds. The van der Waals surface area contributed by atoms with E-state index < -0.39 is 72.6 Å². The van der Waals surface area contributed by atoms with E-state index in [1.165, 1.54) is 12.5 Å². The predicted octanol–water partition coefficient (Wildman–Crippen LogP) is -2.11. The first kappa shape index (κ1) is 30.3. The molecule has 1 aromatic carbocycles. The molecule has 0 bridgehead atoms. The summed E-state index contributed by atoms with van der Waals surface area (Å²) in [5.41, 5.74) is 12.7. The molecule has 3 aromatic rings. The van der Waals surface area contributed by atoms with Gasteiger partial charge >= 0.3 is 11.9 Å². The first-order valence-corrected chi connectivity index (χ1v) is 12.4. The minimum atomic E-state index is -1.77. The Morgan fingerprint density at radius 2 is 1.49 bits per heavy atom. The molecule has 0 aliphatic rings. The van der Waals surface area contributed by atoms with Crippen LogP contribution in [0.25, 0.3) is 10.9 Å². The van der Waals surface area contributed by atoms with Crippen LogP contribution >= 0.6 is 0 Å². The fraction of sp³-hybridized carbons (Fsp3) is 0.320. The van der Waals surface area contributed by atoms with Gasteiger partial charge in [0.25, 0.3) is 0 Å². The van der Waals surface area contributed by atoms with Crippen molar-refractivity contribution in [3.8, 4) is 0 Å². The number of nitrogens with zero attached hydrogens (tertiary/aromatic N) is 1. The third kappa shape index (κ3) is 8.62. The Morgan fingerprint density at radius 1 is 0.854 bits per heavy atom. The Balaban J connectivity index is 1.88. The van der Waals surface area contributed by atoms with Gasteiger partial charge in [-0.05, 0) is 11.6 Å². The molecular formula is C25H30N8O8. The van der Waals surface area contributed by atoms with Gasteiger partial charge in [0, 0.05) is 41.8 Å². The standard InChI is InChI=1S/C25H30N8O8/c26-15(7-20(27)34)22(37)31-17(5-12-9-29-16-4-2-1-3-14(12)16)23(38)32-18(6-13-10-28-11-30-13)24(39)33-19(25(40)41)8-21(35)36/h1-4,9-11,15,17-19,29H,5-8,26H2,(H2,27,34)(H,28,30)(H,31,37)(H,32,38)(H,33,39)(H,35,36)(H,40,41). The number of aromatic amines is 2. The van der Waals surface area contributed by atoms with Crippen molar-refractivity contribution in [2.75, 3.05) is 0 Å². The average Bonchev–Trinajstić information content (AvgIpc) is 3.56. The van der Waals surface area contributed by atoms with Crippen molar-refractivity contribution in [2.45, 2.75) is 49.9 Å². The van der Waals surface area contributed by atoms with Crippen LogP contribution in [-0.2, 0) is 41.6 Å². The first-order valence-electron chi connectivity index (χ1n) is 12.4. The number of aliphatic carboxylic acids is 2. The number of hydrogen-bond acceptors (Lipinski definition) is 8. The maximum Gasteiger partial charge on any atom is 0.326 e. The summed E-state index contributed by atoms with van der Waals surface area (Å²) in [4.78, 5) is 82.9. The molecule has 2 heterocycles. The van der Waals surface area contributed by atoms with Crippen LogP contribution < -0.4 is 27.4 Å². The van der Waals surface area contributed by atoms with Crippen molar-refractivity contribution >= 4 is 46.5 Å². The van der Waals surface area contributed by atoms with Crippen molar-refractivity contribution in [3.63, 3.8) is 0 Å². The Bertz CT molecular complexity index is 1420. The summed E-state index contributed by atoms with van der Waals surface area (Å²) in [7, 11) is 0. The van der Waals surface area contributed by atoms with Crippen LogP contribution in [0.3, 0.4) is 0 Å². The number of nitrogens with two attached hydrogens (primary N) is 2. The minimum absolute atomic E-state index is 0.0555. The van der Waals surface area contributed by atoms with Crippen LogP contribution in [0.15, 0.2) is 43.0 Å². The van der Waals surface area contributed by atoms with E-state index in [2.05, 4.69) is 30.9 Å². The average molecular weight is 571 g/mol. The number of fused-ring (bicyclic) bond motifs is 1. The molecule has 11 N–H and O–H groups in total. The topological polar surface area (TPSA) is 275 Å². The summed E-state index contributed by atoms with van der Waals surface area (Å²) < 4.78 is 0. The first-order chi connectivity index (χ1) is 19.4. The van der Waals surface area contributed by atoms with Gasteiger partial charge in [-0.2, -0.15) is 0 Å². The lowest BCUT2D eigenvalue weighted by Gasteiger charge is -2.25. The second-order valence-electron chi connectivity index (χ2n) is 9.24. The van der Waals surface area contributed by atoms with E-state index in [1.54, 1.807) is 18.3 Å². The Labute approximate surface area is 232 Å². The molecule has 0 fully saturated rings. The number of H-pyrrole nitrogens is 2. The van der Waals surface area contributed by atoms with E-state index in [4.69, 9.17) is 16.6 Å².